The van der Waals surface area contributed by atoms with Crippen molar-refractivity contribution in [2.24, 2.45) is 0 Å². The summed E-state index contributed by atoms with van der Waals surface area (Å²) in [5, 5.41) is 3.11. The molecule has 0 fully saturated rings. The van der Waals surface area contributed by atoms with E-state index >= 15 is 0 Å². The van der Waals surface area contributed by atoms with Gasteiger partial charge in [-0.05, 0) is 13.1 Å². The molecule has 0 aromatic rings. The molecule has 0 saturated heterocycles. The Morgan fingerprint density at radius 3 is 1.50 bits per heavy atom. The van der Waals surface area contributed by atoms with E-state index < -0.39 is 0 Å². The van der Waals surface area contributed by atoms with E-state index in [-0.39, 0.29) is 22.4 Å². The van der Waals surface area contributed by atoms with Crippen LogP contribution in [0.4, 0.5) is 0 Å². The fourth-order valence-corrected chi connectivity index (χ4v) is 0.250. The zero-order chi connectivity index (χ0) is 4.12. The van der Waals surface area contributed by atoms with E-state index in [0.717, 1.165) is 13.1 Å². The van der Waals surface area contributed by atoms with Gasteiger partial charge in [-0.25, -0.2) is 0 Å². The van der Waals surface area contributed by atoms with Crippen LogP contribution in [0.5, 0.6) is 0 Å². The summed E-state index contributed by atoms with van der Waals surface area (Å²) >= 11 is 0. The normalized spacial score (nSPS) is 7.00. The molecular weight excluding hydrogens is 259 g/mol. The minimum Gasteiger partial charge on any atom is -0.317 e. The van der Waals surface area contributed by atoms with E-state index in [1.807, 2.05) is 0 Å². The molecule has 0 aliphatic heterocycles. The van der Waals surface area contributed by atoms with Crippen LogP contribution in [-0.4, -0.2) is 13.1 Å². The Hall–Kier alpha value is 0.700. The van der Waals surface area contributed by atoms with Crippen LogP contribution in [0.2, 0.25) is 0 Å². The minimum atomic E-state index is 0. The van der Waals surface area contributed by atoms with Gasteiger partial charge in [-0.1, -0.05) is 13.8 Å². The Bertz CT molecular complexity index is 15.0. The fraction of sp³-hybridized carbons (Fsp3) is 1.00. The minimum absolute atomic E-state index is 0. The van der Waals surface area contributed by atoms with Crippen LogP contribution in [0.15, 0.2) is 0 Å². The molecule has 0 atom stereocenters. The Balaban J connectivity index is 0. The first kappa shape index (κ1) is 9.85. The monoisotopic (exact) mass is 270 g/mol. The summed E-state index contributed by atoms with van der Waals surface area (Å²) in [6, 6.07) is 0. The molecule has 0 heterocycles. The van der Waals surface area contributed by atoms with Gasteiger partial charge in [-0.3, -0.25) is 0 Å². The van der Waals surface area contributed by atoms with Gasteiger partial charge >= 0.3 is 22.4 Å². The topological polar surface area (TPSA) is 12.0 Å². The molecule has 0 bridgehead atoms. The van der Waals surface area contributed by atoms with Gasteiger partial charge in [-0.15, -0.1) is 0 Å². The Kier molecular flexibility index (Phi) is 15.1. The molecule has 0 unspecified atom stereocenters. The zero-order valence-corrected chi connectivity index (χ0v) is 6.38. The first-order valence-electron chi connectivity index (χ1n) is 2.12. The Labute approximate surface area is 55.0 Å². The molecule has 0 amide bonds. The largest absolute Gasteiger partial charge is 3.00 e. The van der Waals surface area contributed by atoms with Crippen LogP contribution in [0.25, 0.3) is 0 Å². The third-order valence-electron chi connectivity index (χ3n) is 0.500. The predicted molar refractivity (Wildman–Crippen MR) is 24.2 cm³/mol. The molecule has 2 heteroatoms. The van der Waals surface area contributed by atoms with Crippen molar-refractivity contribution in [2.75, 3.05) is 13.1 Å². The van der Waals surface area contributed by atoms with Gasteiger partial charge < -0.3 is 5.32 Å². The fourth-order valence-electron chi connectivity index (χ4n) is 0.250. The van der Waals surface area contributed by atoms with Crippen molar-refractivity contribution in [3.63, 3.8) is 0 Å². The van der Waals surface area contributed by atoms with Crippen LogP contribution in [0, 0.1) is 0 Å². The van der Waals surface area contributed by atoms with E-state index in [9.17, 15) is 0 Å². The zero-order valence-electron chi connectivity index (χ0n) is 4.22. The Morgan fingerprint density at radius 2 is 1.50 bits per heavy atom. The van der Waals surface area contributed by atoms with Crippen LogP contribution >= 0.6 is 0 Å². The van der Waals surface area contributed by atoms with Gasteiger partial charge in [0.25, 0.3) is 0 Å². The maximum Gasteiger partial charge on any atom is 3.00 e. The van der Waals surface area contributed by atoms with E-state index in [1.165, 1.54) is 0 Å². The smallest absolute Gasteiger partial charge is 0.317 e. The van der Waals surface area contributed by atoms with Crippen LogP contribution in [0.1, 0.15) is 13.8 Å². The molecule has 1 nitrogen and oxygen atoms in total. The second-order valence-corrected chi connectivity index (χ2v) is 0.957. The molecule has 0 aliphatic rings. The molecule has 0 aromatic carbocycles. The van der Waals surface area contributed by atoms with E-state index in [2.05, 4.69) is 19.2 Å². The van der Waals surface area contributed by atoms with Crippen LogP contribution in [0.3, 0.4) is 0 Å². The van der Waals surface area contributed by atoms with Crippen LogP contribution in [-0.2, 0) is 22.4 Å². The van der Waals surface area contributed by atoms with Gasteiger partial charge in [0.2, 0.25) is 0 Å². The maximum atomic E-state index is 3.11. The maximum absolute atomic E-state index is 3.11. The van der Waals surface area contributed by atoms with Gasteiger partial charge in [0.15, 0.2) is 0 Å². The van der Waals surface area contributed by atoms with Crippen molar-refractivity contribution in [3.05, 3.63) is 0 Å². The molecule has 0 saturated carbocycles. The Morgan fingerprint density at radius 1 is 1.17 bits per heavy atom. The van der Waals surface area contributed by atoms with Crippen molar-refractivity contribution < 1.29 is 22.4 Å². The van der Waals surface area contributed by atoms with Crippen molar-refractivity contribution in [2.45, 2.75) is 13.8 Å². The number of nitrogens with one attached hydrogen (secondary N) is 1. The molecule has 0 radical (unpaired) electrons. The second-order valence-electron chi connectivity index (χ2n) is 0.957. The summed E-state index contributed by atoms with van der Waals surface area (Å²) in [5.41, 5.74) is 0. The average Bonchev–Trinajstić information content (AvgIpc) is 1.41. The van der Waals surface area contributed by atoms with Gasteiger partial charge in [-0.2, -0.15) is 0 Å². The van der Waals surface area contributed by atoms with Crippen LogP contribution < -0.4 is 5.32 Å². The SMILES string of the molecule is CCNCC.[Au+3]. The summed E-state index contributed by atoms with van der Waals surface area (Å²) in [6.07, 6.45) is 0. The number of rotatable bonds is 2. The molecule has 0 rings (SSSR count). The summed E-state index contributed by atoms with van der Waals surface area (Å²) in [7, 11) is 0. The third kappa shape index (κ3) is 8.83. The molecule has 40 valence electrons. The van der Waals surface area contributed by atoms with Crippen molar-refractivity contribution >= 4 is 0 Å². The number of hydrogen-bond acceptors (Lipinski definition) is 1. The molecular formula is C4H11AuN+3. The summed E-state index contributed by atoms with van der Waals surface area (Å²) < 4.78 is 0. The van der Waals surface area contributed by atoms with Crippen molar-refractivity contribution in [1.29, 1.82) is 0 Å². The van der Waals surface area contributed by atoms with Gasteiger partial charge in [0.1, 0.15) is 0 Å². The van der Waals surface area contributed by atoms with E-state index in [4.69, 9.17) is 0 Å². The first-order valence-corrected chi connectivity index (χ1v) is 2.12. The summed E-state index contributed by atoms with van der Waals surface area (Å²) in [6.45, 7) is 6.39. The van der Waals surface area contributed by atoms with E-state index in [0.29, 0.717) is 0 Å². The summed E-state index contributed by atoms with van der Waals surface area (Å²) in [5.74, 6) is 0. The summed E-state index contributed by atoms with van der Waals surface area (Å²) in [4.78, 5) is 0. The molecule has 0 aliphatic carbocycles. The van der Waals surface area contributed by atoms with Gasteiger partial charge in [0.05, 0.1) is 0 Å². The van der Waals surface area contributed by atoms with Crippen molar-refractivity contribution in [3.8, 4) is 0 Å². The van der Waals surface area contributed by atoms with E-state index in [1.54, 1.807) is 0 Å². The van der Waals surface area contributed by atoms with Gasteiger partial charge in [0, 0.05) is 0 Å². The molecule has 0 aromatic heterocycles. The quantitative estimate of drug-likeness (QED) is 0.725. The average molecular weight is 270 g/mol. The first-order chi connectivity index (χ1) is 2.41. The third-order valence-corrected chi connectivity index (χ3v) is 0.500. The number of hydrogen-bond donors (Lipinski definition) is 1. The standard InChI is InChI=1S/C4H11N.Au/c1-3-5-4-2;/h5H,3-4H2,1-2H3;/q;+3. The molecule has 6 heavy (non-hydrogen) atoms. The van der Waals surface area contributed by atoms with Crippen molar-refractivity contribution in [1.82, 2.24) is 5.32 Å². The molecule has 0 spiro atoms. The molecule has 1 N–H and O–H groups in total. The predicted octanol–water partition coefficient (Wildman–Crippen LogP) is 0.613. The second kappa shape index (κ2) is 9.20.